The van der Waals surface area contributed by atoms with Crippen LogP contribution in [0.2, 0.25) is 0 Å². The van der Waals surface area contributed by atoms with Crippen LogP contribution in [-0.2, 0) is 6.54 Å². The summed E-state index contributed by atoms with van der Waals surface area (Å²) in [4.78, 5) is 15.4. The number of methoxy groups -OCH3 is 1. The molecule has 1 aromatic rings. The van der Waals surface area contributed by atoms with Crippen LogP contribution in [0.4, 0.5) is 0 Å². The maximum atomic E-state index is 11.3. The summed E-state index contributed by atoms with van der Waals surface area (Å²) in [6.45, 7) is 4.22. The summed E-state index contributed by atoms with van der Waals surface area (Å²) in [7, 11) is 1.51. The molecule has 4 heteroatoms. The van der Waals surface area contributed by atoms with Gasteiger partial charge < -0.3 is 4.74 Å². The molecule has 0 aliphatic heterocycles. The van der Waals surface area contributed by atoms with E-state index in [1.54, 1.807) is 6.92 Å². The van der Waals surface area contributed by atoms with Gasteiger partial charge in [0, 0.05) is 18.3 Å². The zero-order chi connectivity index (χ0) is 9.14. The number of hydrogen-bond donors (Lipinski definition) is 0. The highest BCUT2D eigenvalue weighted by molar-refractivity contribution is 5.06. The minimum absolute atomic E-state index is 0.0677. The van der Waals surface area contributed by atoms with Crippen molar-refractivity contribution in [1.29, 1.82) is 0 Å². The van der Waals surface area contributed by atoms with Gasteiger partial charge in [-0.05, 0) is 13.8 Å². The fourth-order valence-electron chi connectivity index (χ4n) is 1.04. The summed E-state index contributed by atoms with van der Waals surface area (Å²) in [6.07, 6.45) is 0. The Morgan fingerprint density at radius 2 is 2.33 bits per heavy atom. The Morgan fingerprint density at radius 1 is 1.67 bits per heavy atom. The Morgan fingerprint density at radius 3 is 2.83 bits per heavy atom. The quantitative estimate of drug-likeness (QED) is 0.648. The summed E-state index contributed by atoms with van der Waals surface area (Å²) in [5.74, 6) is 0. The number of aryl methyl sites for hydroxylation is 1. The number of hydrogen-bond acceptors (Lipinski definition) is 3. The smallest absolute Gasteiger partial charge is 0.299 e. The van der Waals surface area contributed by atoms with E-state index in [0.717, 1.165) is 0 Å². The molecule has 66 valence electrons. The van der Waals surface area contributed by atoms with E-state index in [0.29, 0.717) is 18.2 Å². The Hall–Kier alpha value is -1.32. The molecule has 4 nitrogen and oxygen atoms in total. The molecule has 1 aromatic heterocycles. The van der Waals surface area contributed by atoms with Gasteiger partial charge in [-0.1, -0.05) is 0 Å². The van der Waals surface area contributed by atoms with E-state index in [1.165, 1.54) is 17.7 Å². The molecular formula is C8H12N2O2. The lowest BCUT2D eigenvalue weighted by atomic mass is 10.4. The second-order valence-corrected chi connectivity index (χ2v) is 2.47. The van der Waals surface area contributed by atoms with Crippen LogP contribution in [0.5, 0.6) is 6.01 Å². The van der Waals surface area contributed by atoms with Crippen LogP contribution in [0.15, 0.2) is 10.9 Å². The van der Waals surface area contributed by atoms with Crippen LogP contribution in [0.1, 0.15) is 12.6 Å². The topological polar surface area (TPSA) is 44.1 Å². The largest absolute Gasteiger partial charge is 0.468 e. The maximum absolute atomic E-state index is 11.3. The first kappa shape index (κ1) is 8.77. The summed E-state index contributed by atoms with van der Waals surface area (Å²) >= 11 is 0. The van der Waals surface area contributed by atoms with E-state index in [-0.39, 0.29) is 5.56 Å². The van der Waals surface area contributed by atoms with Crippen LogP contribution in [0, 0.1) is 6.92 Å². The van der Waals surface area contributed by atoms with Crippen molar-refractivity contribution in [2.45, 2.75) is 20.4 Å². The van der Waals surface area contributed by atoms with E-state index >= 15 is 0 Å². The highest BCUT2D eigenvalue weighted by Gasteiger charge is 2.03. The van der Waals surface area contributed by atoms with Crippen LogP contribution >= 0.6 is 0 Å². The van der Waals surface area contributed by atoms with E-state index in [4.69, 9.17) is 4.74 Å². The van der Waals surface area contributed by atoms with Gasteiger partial charge in [0.05, 0.1) is 7.11 Å². The van der Waals surface area contributed by atoms with E-state index < -0.39 is 0 Å². The van der Waals surface area contributed by atoms with Gasteiger partial charge in [0.25, 0.3) is 11.6 Å². The molecule has 0 saturated carbocycles. The zero-order valence-corrected chi connectivity index (χ0v) is 7.50. The van der Waals surface area contributed by atoms with Gasteiger partial charge in [-0.15, -0.1) is 0 Å². The lowest BCUT2D eigenvalue weighted by Gasteiger charge is -2.07. The molecule has 1 rings (SSSR count). The molecule has 0 fully saturated rings. The van der Waals surface area contributed by atoms with Gasteiger partial charge in [0.2, 0.25) is 0 Å². The minimum Gasteiger partial charge on any atom is -0.468 e. The van der Waals surface area contributed by atoms with Crippen LogP contribution in [0.25, 0.3) is 0 Å². The summed E-state index contributed by atoms with van der Waals surface area (Å²) in [5, 5.41) is 0. The summed E-state index contributed by atoms with van der Waals surface area (Å²) < 4.78 is 6.43. The molecule has 0 atom stereocenters. The lowest BCUT2D eigenvalue weighted by Crippen LogP contribution is -2.21. The predicted octanol–water partition coefficient (Wildman–Crippen LogP) is 0.580. The molecule has 0 unspecified atom stereocenters. The third kappa shape index (κ3) is 1.47. The van der Waals surface area contributed by atoms with Crippen molar-refractivity contribution >= 4 is 0 Å². The number of nitrogens with zero attached hydrogens (tertiary/aromatic N) is 2. The molecular weight excluding hydrogens is 156 g/mol. The molecule has 0 amide bonds. The molecule has 0 N–H and O–H groups in total. The average molecular weight is 168 g/mol. The fraction of sp³-hybridized carbons (Fsp3) is 0.500. The van der Waals surface area contributed by atoms with Crippen LogP contribution < -0.4 is 10.3 Å². The van der Waals surface area contributed by atoms with Crippen molar-refractivity contribution in [3.8, 4) is 6.01 Å². The Kier molecular flexibility index (Phi) is 2.47. The second-order valence-electron chi connectivity index (χ2n) is 2.47. The lowest BCUT2D eigenvalue weighted by molar-refractivity contribution is 0.347. The van der Waals surface area contributed by atoms with Gasteiger partial charge in [-0.3, -0.25) is 9.36 Å². The van der Waals surface area contributed by atoms with Gasteiger partial charge in [-0.25, -0.2) is 4.98 Å². The average Bonchev–Trinajstić information content (AvgIpc) is 2.03. The normalized spacial score (nSPS) is 9.92. The number of aromatic nitrogens is 2. The molecule has 0 radical (unpaired) electrons. The Bertz CT molecular complexity index is 330. The SMILES string of the molecule is CCn1c(OC)nc(C)cc1=O. The van der Waals surface area contributed by atoms with E-state index in [1.807, 2.05) is 6.92 Å². The van der Waals surface area contributed by atoms with Gasteiger partial charge in [-0.2, -0.15) is 0 Å². The molecule has 12 heavy (non-hydrogen) atoms. The molecule has 0 saturated heterocycles. The fourth-order valence-corrected chi connectivity index (χ4v) is 1.04. The summed E-state index contributed by atoms with van der Waals surface area (Å²) in [6, 6.07) is 1.87. The van der Waals surface area contributed by atoms with E-state index in [9.17, 15) is 4.79 Å². The second kappa shape index (κ2) is 3.38. The van der Waals surface area contributed by atoms with Crippen molar-refractivity contribution in [3.05, 3.63) is 22.1 Å². The van der Waals surface area contributed by atoms with Gasteiger partial charge >= 0.3 is 0 Å². The Balaban J connectivity index is 3.34. The third-order valence-electron chi connectivity index (χ3n) is 1.60. The zero-order valence-electron chi connectivity index (χ0n) is 7.50. The highest BCUT2D eigenvalue weighted by Crippen LogP contribution is 2.02. The first-order valence-electron chi connectivity index (χ1n) is 3.81. The van der Waals surface area contributed by atoms with Crippen molar-refractivity contribution in [2.75, 3.05) is 7.11 Å². The van der Waals surface area contributed by atoms with Crippen molar-refractivity contribution < 1.29 is 4.74 Å². The maximum Gasteiger partial charge on any atom is 0.299 e. The van der Waals surface area contributed by atoms with Crippen LogP contribution in [-0.4, -0.2) is 16.7 Å². The monoisotopic (exact) mass is 168 g/mol. The molecule has 0 bridgehead atoms. The standard InChI is InChI=1S/C8H12N2O2/c1-4-10-7(11)5-6(2)9-8(10)12-3/h5H,4H2,1-3H3. The van der Waals surface area contributed by atoms with Crippen molar-refractivity contribution in [3.63, 3.8) is 0 Å². The van der Waals surface area contributed by atoms with Gasteiger partial charge in [0.15, 0.2) is 0 Å². The first-order chi connectivity index (χ1) is 5.69. The molecule has 1 heterocycles. The van der Waals surface area contributed by atoms with Crippen molar-refractivity contribution in [2.24, 2.45) is 0 Å². The minimum atomic E-state index is -0.0677. The molecule has 0 aliphatic rings. The molecule has 0 spiro atoms. The van der Waals surface area contributed by atoms with E-state index in [2.05, 4.69) is 4.98 Å². The predicted molar refractivity (Wildman–Crippen MR) is 45.5 cm³/mol. The summed E-state index contributed by atoms with van der Waals surface area (Å²) in [5.41, 5.74) is 0.614. The highest BCUT2D eigenvalue weighted by atomic mass is 16.5. The van der Waals surface area contributed by atoms with Crippen molar-refractivity contribution in [1.82, 2.24) is 9.55 Å². The Labute approximate surface area is 70.8 Å². The number of rotatable bonds is 2. The molecule has 0 aromatic carbocycles. The first-order valence-corrected chi connectivity index (χ1v) is 3.81. The van der Waals surface area contributed by atoms with Crippen LogP contribution in [0.3, 0.4) is 0 Å². The van der Waals surface area contributed by atoms with Gasteiger partial charge in [0.1, 0.15) is 0 Å². The number of ether oxygens (including phenoxy) is 1. The third-order valence-corrected chi connectivity index (χ3v) is 1.60. The molecule has 0 aliphatic carbocycles.